The maximum Gasteiger partial charge on any atom is 0.407 e. The van der Waals surface area contributed by atoms with Crippen LogP contribution in [-0.4, -0.2) is 36.7 Å². The van der Waals surface area contributed by atoms with Crippen molar-refractivity contribution in [3.8, 4) is 0 Å². The number of nitrogens with zero attached hydrogens (tertiary/aromatic N) is 1. The zero-order valence-electron chi connectivity index (χ0n) is 11.3. The number of amides is 1. The summed E-state index contributed by atoms with van der Waals surface area (Å²) in [6, 6.07) is 8.87. The van der Waals surface area contributed by atoms with Crippen molar-refractivity contribution in [1.29, 1.82) is 0 Å². The summed E-state index contributed by atoms with van der Waals surface area (Å²) >= 11 is 0. The molecule has 0 saturated carbocycles. The molecule has 1 N–H and O–H groups in total. The number of benzene rings is 1. The van der Waals surface area contributed by atoms with Crippen molar-refractivity contribution in [3.63, 3.8) is 0 Å². The lowest BCUT2D eigenvalue weighted by Crippen LogP contribution is -2.57. The molecule has 2 saturated heterocycles. The van der Waals surface area contributed by atoms with E-state index in [1.165, 1.54) is 11.1 Å². The molecule has 0 aromatic heterocycles. The molecule has 2 aliphatic rings. The number of ether oxygens (including phenoxy) is 1. The second kappa shape index (κ2) is 5.21. The van der Waals surface area contributed by atoms with Crippen LogP contribution in [0.1, 0.15) is 17.5 Å². The summed E-state index contributed by atoms with van der Waals surface area (Å²) in [6.45, 7) is 5.66. The number of carbonyl (C=O) groups is 1. The van der Waals surface area contributed by atoms with E-state index in [-0.39, 0.29) is 12.1 Å². The van der Waals surface area contributed by atoms with Gasteiger partial charge in [-0.3, -0.25) is 4.90 Å². The lowest BCUT2D eigenvalue weighted by atomic mass is 9.91. The lowest BCUT2D eigenvalue weighted by molar-refractivity contribution is 0.0378. The Kier molecular flexibility index (Phi) is 3.42. The predicted octanol–water partition coefficient (Wildman–Crippen LogP) is 1.93. The summed E-state index contributed by atoms with van der Waals surface area (Å²) in [6.07, 6.45) is 0.829. The predicted molar refractivity (Wildman–Crippen MR) is 72.8 cm³/mol. The summed E-state index contributed by atoms with van der Waals surface area (Å²) < 4.78 is 5.05. The average molecular weight is 260 g/mol. The van der Waals surface area contributed by atoms with Gasteiger partial charge in [0, 0.05) is 19.0 Å². The molecule has 3 rings (SSSR count). The summed E-state index contributed by atoms with van der Waals surface area (Å²) in [7, 11) is 0. The number of hydrogen-bond donors (Lipinski definition) is 1. The van der Waals surface area contributed by atoms with E-state index in [0.29, 0.717) is 12.5 Å². The second-order valence-corrected chi connectivity index (χ2v) is 5.62. The number of fused-ring (bicyclic) bond motifs is 1. The molecule has 1 aromatic rings. The van der Waals surface area contributed by atoms with Gasteiger partial charge in [0.1, 0.15) is 0 Å². The van der Waals surface area contributed by atoms with Crippen LogP contribution in [0.2, 0.25) is 0 Å². The average Bonchev–Trinajstić information content (AvgIpc) is 2.38. The van der Waals surface area contributed by atoms with E-state index in [1.54, 1.807) is 0 Å². The molecule has 0 spiro atoms. The molecule has 19 heavy (non-hydrogen) atoms. The SMILES string of the molecule is Cc1cccc(CN2CC[C@H]3COC(=O)N[C@@H]3C2)c1. The standard InChI is InChI=1S/C15H20N2O2/c1-11-3-2-4-12(7-11)8-17-6-5-13-10-19-15(18)16-14(13)9-17/h2-4,7,13-14H,5-6,8-10H2,1H3,(H,16,18)/t13-,14+/m0/s1. The molecule has 4 heteroatoms. The molecule has 0 unspecified atom stereocenters. The maximum atomic E-state index is 11.3. The minimum absolute atomic E-state index is 0.250. The van der Waals surface area contributed by atoms with Crippen molar-refractivity contribution in [1.82, 2.24) is 10.2 Å². The first-order valence-electron chi connectivity index (χ1n) is 6.92. The molecule has 102 valence electrons. The van der Waals surface area contributed by atoms with Crippen molar-refractivity contribution in [2.75, 3.05) is 19.7 Å². The summed E-state index contributed by atoms with van der Waals surface area (Å²) in [5.74, 6) is 0.478. The number of nitrogens with one attached hydrogen (secondary N) is 1. The number of rotatable bonds is 2. The van der Waals surface area contributed by atoms with Gasteiger partial charge < -0.3 is 10.1 Å². The van der Waals surface area contributed by atoms with Crippen LogP contribution in [0.3, 0.4) is 0 Å². The molecule has 2 fully saturated rings. The molecule has 2 atom stereocenters. The van der Waals surface area contributed by atoms with Crippen LogP contribution in [0.4, 0.5) is 4.79 Å². The van der Waals surface area contributed by atoms with Crippen LogP contribution in [0.25, 0.3) is 0 Å². The normalized spacial score (nSPS) is 27.3. The molecule has 2 aliphatic heterocycles. The Morgan fingerprint density at radius 2 is 2.37 bits per heavy atom. The summed E-state index contributed by atoms with van der Waals surface area (Å²) in [5.41, 5.74) is 2.64. The first-order chi connectivity index (χ1) is 9.20. The Hall–Kier alpha value is -1.55. The quantitative estimate of drug-likeness (QED) is 0.883. The van der Waals surface area contributed by atoms with Crippen molar-refractivity contribution in [3.05, 3.63) is 35.4 Å². The van der Waals surface area contributed by atoms with Crippen LogP contribution in [0.15, 0.2) is 24.3 Å². The van der Waals surface area contributed by atoms with Gasteiger partial charge in [-0.1, -0.05) is 29.8 Å². The molecule has 1 amide bonds. The Bertz CT molecular complexity index is 475. The van der Waals surface area contributed by atoms with Gasteiger partial charge >= 0.3 is 6.09 Å². The highest BCUT2D eigenvalue weighted by atomic mass is 16.6. The summed E-state index contributed by atoms with van der Waals surface area (Å²) in [5, 5.41) is 2.94. The van der Waals surface area contributed by atoms with Crippen molar-refractivity contribution in [2.24, 2.45) is 5.92 Å². The smallest absolute Gasteiger partial charge is 0.407 e. The minimum atomic E-state index is -0.265. The van der Waals surface area contributed by atoms with E-state index >= 15 is 0 Å². The molecule has 0 bridgehead atoms. The highest BCUT2D eigenvalue weighted by molar-refractivity contribution is 5.68. The highest BCUT2D eigenvalue weighted by Gasteiger charge is 2.34. The van der Waals surface area contributed by atoms with E-state index in [9.17, 15) is 4.79 Å². The van der Waals surface area contributed by atoms with E-state index in [2.05, 4.69) is 41.4 Å². The van der Waals surface area contributed by atoms with Crippen molar-refractivity contribution < 1.29 is 9.53 Å². The second-order valence-electron chi connectivity index (χ2n) is 5.62. The Balaban J connectivity index is 1.62. The number of likely N-dealkylation sites (tertiary alicyclic amines) is 1. The first-order valence-corrected chi connectivity index (χ1v) is 6.92. The van der Waals surface area contributed by atoms with Crippen LogP contribution in [-0.2, 0) is 11.3 Å². The molecule has 4 nitrogen and oxygen atoms in total. The van der Waals surface area contributed by atoms with Crippen LogP contribution in [0.5, 0.6) is 0 Å². The first kappa shape index (κ1) is 12.5. The number of aryl methyl sites for hydroxylation is 1. The van der Waals surface area contributed by atoms with Gasteiger partial charge in [-0.05, 0) is 25.5 Å². The third kappa shape index (κ3) is 2.89. The fourth-order valence-corrected chi connectivity index (χ4v) is 3.02. The Morgan fingerprint density at radius 3 is 3.21 bits per heavy atom. The van der Waals surface area contributed by atoms with E-state index in [0.717, 1.165) is 26.1 Å². The number of cyclic esters (lactones) is 1. The molecule has 0 aliphatic carbocycles. The van der Waals surface area contributed by atoms with E-state index in [1.807, 2.05) is 0 Å². The van der Waals surface area contributed by atoms with Gasteiger partial charge in [0.2, 0.25) is 0 Å². The summed E-state index contributed by atoms with van der Waals surface area (Å²) in [4.78, 5) is 13.7. The minimum Gasteiger partial charge on any atom is -0.449 e. The monoisotopic (exact) mass is 260 g/mol. The highest BCUT2D eigenvalue weighted by Crippen LogP contribution is 2.22. The topological polar surface area (TPSA) is 41.6 Å². The molecule has 2 heterocycles. The van der Waals surface area contributed by atoms with Gasteiger partial charge in [0.25, 0.3) is 0 Å². The third-order valence-corrected chi connectivity index (χ3v) is 4.06. The third-order valence-electron chi connectivity index (χ3n) is 4.06. The number of piperidine rings is 1. The van der Waals surface area contributed by atoms with Gasteiger partial charge in [-0.25, -0.2) is 4.79 Å². The lowest BCUT2D eigenvalue weighted by Gasteiger charge is -2.40. The molecular weight excluding hydrogens is 240 g/mol. The fraction of sp³-hybridized carbons (Fsp3) is 0.533. The van der Waals surface area contributed by atoms with Gasteiger partial charge in [0.15, 0.2) is 0 Å². The van der Waals surface area contributed by atoms with Crippen LogP contribution >= 0.6 is 0 Å². The van der Waals surface area contributed by atoms with Crippen molar-refractivity contribution in [2.45, 2.75) is 25.9 Å². The molecular formula is C15H20N2O2. The van der Waals surface area contributed by atoms with Gasteiger partial charge in [0.05, 0.1) is 12.6 Å². The largest absolute Gasteiger partial charge is 0.449 e. The van der Waals surface area contributed by atoms with Crippen molar-refractivity contribution >= 4 is 6.09 Å². The number of hydrogen-bond acceptors (Lipinski definition) is 3. The van der Waals surface area contributed by atoms with E-state index in [4.69, 9.17) is 4.74 Å². The van der Waals surface area contributed by atoms with Gasteiger partial charge in [-0.15, -0.1) is 0 Å². The number of alkyl carbamates (subject to hydrolysis) is 1. The van der Waals surface area contributed by atoms with Gasteiger partial charge in [-0.2, -0.15) is 0 Å². The molecule has 0 radical (unpaired) electrons. The fourth-order valence-electron chi connectivity index (χ4n) is 3.02. The van der Waals surface area contributed by atoms with Crippen LogP contribution < -0.4 is 5.32 Å². The van der Waals surface area contributed by atoms with Crippen LogP contribution in [0, 0.1) is 12.8 Å². The molecule has 1 aromatic carbocycles. The zero-order chi connectivity index (χ0) is 13.2. The Morgan fingerprint density at radius 1 is 1.47 bits per heavy atom. The Labute approximate surface area is 113 Å². The van der Waals surface area contributed by atoms with E-state index < -0.39 is 0 Å². The number of carbonyl (C=O) groups excluding carboxylic acids is 1. The zero-order valence-corrected chi connectivity index (χ0v) is 11.3. The maximum absolute atomic E-state index is 11.3.